The summed E-state index contributed by atoms with van der Waals surface area (Å²) in [4.78, 5) is 4.46. The van der Waals surface area contributed by atoms with Gasteiger partial charge in [0, 0.05) is 0 Å². The Balaban J connectivity index is 1.68. The van der Waals surface area contributed by atoms with E-state index in [-0.39, 0.29) is 6.04 Å². The van der Waals surface area contributed by atoms with Crippen LogP contribution in [0.4, 0.5) is 0 Å². The maximum atomic E-state index is 6.14. The van der Waals surface area contributed by atoms with Gasteiger partial charge in [-0.2, -0.15) is 16.7 Å². The zero-order valence-electron chi connectivity index (χ0n) is 10.7. The molecule has 2 unspecified atom stereocenters. The predicted molar refractivity (Wildman–Crippen MR) is 75.8 cm³/mol. The fraction of sp³-hybridized carbons (Fsp3) is 0.429. The van der Waals surface area contributed by atoms with Gasteiger partial charge >= 0.3 is 0 Å². The number of hydrogen-bond acceptors (Lipinski definition) is 5. The van der Waals surface area contributed by atoms with E-state index in [0.717, 1.165) is 18.7 Å². The molecule has 0 radical (unpaired) electrons. The summed E-state index contributed by atoms with van der Waals surface area (Å²) in [5, 5.41) is 4.46. The summed E-state index contributed by atoms with van der Waals surface area (Å²) in [6, 6.07) is 9.91. The van der Waals surface area contributed by atoms with Crippen molar-refractivity contribution < 1.29 is 4.52 Å². The molecule has 1 aliphatic heterocycles. The number of hydrogen-bond donors (Lipinski definition) is 1. The number of aromatic nitrogens is 2. The third kappa shape index (κ3) is 2.98. The van der Waals surface area contributed by atoms with E-state index in [4.69, 9.17) is 10.3 Å². The maximum Gasteiger partial charge on any atom is 0.243 e. The van der Waals surface area contributed by atoms with Crippen molar-refractivity contribution in [1.29, 1.82) is 0 Å². The smallest absolute Gasteiger partial charge is 0.243 e. The number of rotatable bonds is 4. The molecule has 1 aromatic carbocycles. The minimum Gasteiger partial charge on any atom is -0.338 e. The van der Waals surface area contributed by atoms with Gasteiger partial charge in [-0.15, -0.1) is 0 Å². The van der Waals surface area contributed by atoms with E-state index in [0.29, 0.717) is 11.1 Å². The second kappa shape index (κ2) is 5.75. The molecule has 2 heterocycles. The van der Waals surface area contributed by atoms with Crippen molar-refractivity contribution in [3.05, 3.63) is 47.6 Å². The number of thioether (sulfide) groups is 1. The van der Waals surface area contributed by atoms with Crippen molar-refractivity contribution in [2.24, 2.45) is 5.73 Å². The summed E-state index contributed by atoms with van der Waals surface area (Å²) in [7, 11) is 0. The molecule has 0 spiro atoms. The van der Waals surface area contributed by atoms with Crippen LogP contribution < -0.4 is 5.73 Å². The molecule has 0 bridgehead atoms. The van der Waals surface area contributed by atoms with Crippen LogP contribution >= 0.6 is 11.8 Å². The molecule has 4 nitrogen and oxygen atoms in total. The third-order valence-corrected chi connectivity index (χ3v) is 4.66. The fourth-order valence-electron chi connectivity index (χ4n) is 2.27. The Kier molecular flexibility index (Phi) is 3.84. The van der Waals surface area contributed by atoms with Gasteiger partial charge in [0.2, 0.25) is 5.89 Å². The second-order valence-electron chi connectivity index (χ2n) is 4.79. The topological polar surface area (TPSA) is 64.9 Å². The molecule has 19 heavy (non-hydrogen) atoms. The Morgan fingerprint density at radius 3 is 2.95 bits per heavy atom. The lowest BCUT2D eigenvalue weighted by Gasteiger charge is -2.06. The standard InChI is InChI=1S/C14H17N3OS/c15-11(9-10-5-2-1-3-6-10)14-16-13(17-18-14)12-7-4-8-19-12/h1-3,5-6,11-12H,4,7-9,15H2. The third-order valence-electron chi connectivity index (χ3n) is 3.29. The van der Waals surface area contributed by atoms with Crippen LogP contribution in [0.3, 0.4) is 0 Å². The number of nitrogens with two attached hydrogens (primary N) is 1. The summed E-state index contributed by atoms with van der Waals surface area (Å²) in [5.74, 6) is 2.54. The van der Waals surface area contributed by atoms with Gasteiger partial charge in [-0.3, -0.25) is 0 Å². The van der Waals surface area contributed by atoms with Crippen LogP contribution in [0.5, 0.6) is 0 Å². The van der Waals surface area contributed by atoms with E-state index < -0.39 is 0 Å². The zero-order valence-corrected chi connectivity index (χ0v) is 11.5. The number of nitrogens with zero attached hydrogens (tertiary/aromatic N) is 2. The molecule has 3 rings (SSSR count). The lowest BCUT2D eigenvalue weighted by atomic mass is 10.1. The van der Waals surface area contributed by atoms with E-state index in [9.17, 15) is 0 Å². The highest BCUT2D eigenvalue weighted by molar-refractivity contribution is 7.99. The molecule has 1 fully saturated rings. The highest BCUT2D eigenvalue weighted by Gasteiger charge is 2.24. The molecule has 1 aromatic heterocycles. The molecule has 2 N–H and O–H groups in total. The van der Waals surface area contributed by atoms with E-state index in [2.05, 4.69) is 22.3 Å². The first-order valence-electron chi connectivity index (χ1n) is 6.57. The Morgan fingerprint density at radius 2 is 2.21 bits per heavy atom. The average molecular weight is 275 g/mol. The SMILES string of the molecule is NC(Cc1ccccc1)c1nc(C2CCCS2)no1. The van der Waals surface area contributed by atoms with Crippen molar-refractivity contribution >= 4 is 11.8 Å². The number of benzene rings is 1. The van der Waals surface area contributed by atoms with Crippen molar-refractivity contribution in [2.45, 2.75) is 30.6 Å². The van der Waals surface area contributed by atoms with Crippen LogP contribution in [0.15, 0.2) is 34.9 Å². The Bertz CT molecular complexity index is 522. The Hall–Kier alpha value is -1.33. The molecular weight excluding hydrogens is 258 g/mol. The first kappa shape index (κ1) is 12.7. The van der Waals surface area contributed by atoms with E-state index in [1.165, 1.54) is 17.7 Å². The van der Waals surface area contributed by atoms with Gasteiger partial charge in [-0.05, 0) is 30.6 Å². The lowest BCUT2D eigenvalue weighted by molar-refractivity contribution is 0.350. The molecule has 1 saturated heterocycles. The quantitative estimate of drug-likeness (QED) is 0.929. The zero-order chi connectivity index (χ0) is 13.1. The summed E-state index contributed by atoms with van der Waals surface area (Å²) in [5.41, 5.74) is 7.32. The van der Waals surface area contributed by atoms with Crippen molar-refractivity contribution in [3.8, 4) is 0 Å². The molecular formula is C14H17N3OS. The molecule has 5 heteroatoms. The lowest BCUT2D eigenvalue weighted by Crippen LogP contribution is -2.13. The van der Waals surface area contributed by atoms with Gasteiger partial charge in [0.1, 0.15) is 0 Å². The normalized spacial score (nSPS) is 20.6. The molecule has 2 atom stereocenters. The van der Waals surface area contributed by atoms with Crippen LogP contribution in [0.25, 0.3) is 0 Å². The molecule has 0 aliphatic carbocycles. The fourth-order valence-corrected chi connectivity index (χ4v) is 3.46. The minimum absolute atomic E-state index is 0.227. The van der Waals surface area contributed by atoms with Gasteiger partial charge in [0.25, 0.3) is 0 Å². The van der Waals surface area contributed by atoms with Gasteiger partial charge in [-0.25, -0.2) is 0 Å². The van der Waals surface area contributed by atoms with Crippen LogP contribution in [0.1, 0.15) is 41.4 Å². The summed E-state index contributed by atoms with van der Waals surface area (Å²) >= 11 is 1.90. The molecule has 1 aliphatic rings. The predicted octanol–water partition coefficient (Wildman–Crippen LogP) is 2.88. The highest BCUT2D eigenvalue weighted by atomic mass is 32.2. The summed E-state index contributed by atoms with van der Waals surface area (Å²) < 4.78 is 5.31. The summed E-state index contributed by atoms with van der Waals surface area (Å²) in [6.45, 7) is 0. The van der Waals surface area contributed by atoms with Crippen LogP contribution in [0, 0.1) is 0 Å². The van der Waals surface area contributed by atoms with Crippen LogP contribution in [-0.2, 0) is 6.42 Å². The largest absolute Gasteiger partial charge is 0.338 e. The van der Waals surface area contributed by atoms with Crippen molar-refractivity contribution in [1.82, 2.24) is 10.1 Å². The first-order chi connectivity index (χ1) is 9.33. The monoisotopic (exact) mass is 275 g/mol. The van der Waals surface area contributed by atoms with Gasteiger partial charge in [0.15, 0.2) is 5.82 Å². The molecule has 0 saturated carbocycles. The van der Waals surface area contributed by atoms with Crippen molar-refractivity contribution in [2.75, 3.05) is 5.75 Å². The Labute approximate surface area is 116 Å². The van der Waals surface area contributed by atoms with Crippen LogP contribution in [-0.4, -0.2) is 15.9 Å². The van der Waals surface area contributed by atoms with E-state index in [1.54, 1.807) is 0 Å². The van der Waals surface area contributed by atoms with Gasteiger partial charge in [-0.1, -0.05) is 35.5 Å². The highest BCUT2D eigenvalue weighted by Crippen LogP contribution is 2.38. The Morgan fingerprint density at radius 1 is 1.37 bits per heavy atom. The van der Waals surface area contributed by atoms with Crippen molar-refractivity contribution in [3.63, 3.8) is 0 Å². The summed E-state index contributed by atoms with van der Waals surface area (Å²) in [6.07, 6.45) is 3.09. The molecule has 2 aromatic rings. The second-order valence-corrected chi connectivity index (χ2v) is 6.10. The first-order valence-corrected chi connectivity index (χ1v) is 7.62. The minimum atomic E-state index is -0.227. The van der Waals surface area contributed by atoms with E-state index >= 15 is 0 Å². The maximum absolute atomic E-state index is 6.14. The molecule has 100 valence electrons. The molecule has 0 amide bonds. The van der Waals surface area contributed by atoms with Gasteiger partial charge in [0.05, 0.1) is 11.3 Å². The van der Waals surface area contributed by atoms with E-state index in [1.807, 2.05) is 30.0 Å². The average Bonchev–Trinajstić information content (AvgIpc) is 3.11. The van der Waals surface area contributed by atoms with Crippen LogP contribution in [0.2, 0.25) is 0 Å². The van der Waals surface area contributed by atoms with Gasteiger partial charge < -0.3 is 10.3 Å².